The maximum absolute atomic E-state index is 12.9. The van der Waals surface area contributed by atoms with Crippen molar-refractivity contribution in [2.75, 3.05) is 39.6 Å². The molecule has 3 unspecified atom stereocenters. The lowest BCUT2D eigenvalue weighted by Crippen LogP contribution is -2.30. The van der Waals surface area contributed by atoms with Gasteiger partial charge in [0.1, 0.15) is 19.3 Å². The number of carbonyl (C=O) groups excluding carboxylic acids is 4. The van der Waals surface area contributed by atoms with E-state index in [1.54, 1.807) is 0 Å². The molecule has 19 heteroatoms. The first-order chi connectivity index (χ1) is 38.4. The Labute approximate surface area is 486 Å². The van der Waals surface area contributed by atoms with Crippen molar-refractivity contribution in [3.63, 3.8) is 0 Å². The Kier molecular flexibility index (Phi) is 52.5. The highest BCUT2D eigenvalue weighted by atomic mass is 31.2. The molecule has 0 aliphatic heterocycles. The van der Waals surface area contributed by atoms with Crippen molar-refractivity contribution in [1.29, 1.82) is 0 Å². The minimum absolute atomic E-state index is 0.102. The number of rotatable bonds is 60. The zero-order valence-corrected chi connectivity index (χ0v) is 53.2. The Bertz CT molecular complexity index is 1580. The topological polar surface area (TPSA) is 237 Å². The molecule has 0 aliphatic carbocycles. The van der Waals surface area contributed by atoms with Crippen LogP contribution in [0.1, 0.15) is 298 Å². The van der Waals surface area contributed by atoms with Crippen molar-refractivity contribution < 1.29 is 80.2 Å². The Morgan fingerprint density at radius 3 is 0.950 bits per heavy atom. The van der Waals surface area contributed by atoms with E-state index in [1.165, 1.54) is 96.3 Å². The van der Waals surface area contributed by atoms with Crippen molar-refractivity contribution in [1.82, 2.24) is 0 Å². The summed E-state index contributed by atoms with van der Waals surface area (Å²) in [6, 6.07) is 0. The predicted molar refractivity (Wildman–Crippen MR) is 317 cm³/mol. The number of unbranched alkanes of at least 4 members (excludes halogenated alkanes) is 29. The summed E-state index contributed by atoms with van der Waals surface area (Å²) in [5.41, 5.74) is 0. The van der Waals surface area contributed by atoms with E-state index in [9.17, 15) is 43.2 Å². The lowest BCUT2D eigenvalue weighted by atomic mass is 9.99. The largest absolute Gasteiger partial charge is 0.472 e. The van der Waals surface area contributed by atoms with Gasteiger partial charge in [0, 0.05) is 25.7 Å². The van der Waals surface area contributed by atoms with Gasteiger partial charge in [-0.1, -0.05) is 247 Å². The maximum atomic E-state index is 12.9. The monoisotopic (exact) mass is 1180 g/mol. The second-order valence-corrected chi connectivity index (χ2v) is 25.7. The maximum Gasteiger partial charge on any atom is 0.472 e. The molecule has 0 radical (unpaired) electrons. The number of ether oxygens (including phenoxy) is 4. The second-order valence-electron chi connectivity index (χ2n) is 22.8. The highest BCUT2D eigenvalue weighted by Crippen LogP contribution is 2.45. The third-order valence-corrected chi connectivity index (χ3v) is 16.2. The summed E-state index contributed by atoms with van der Waals surface area (Å²) in [5, 5.41) is 10.5. The molecule has 17 nitrogen and oxygen atoms in total. The average molecular weight is 1190 g/mol. The Morgan fingerprint density at radius 1 is 0.362 bits per heavy atom. The first-order valence-corrected chi connectivity index (χ1v) is 35.0. The standard InChI is InChI=1S/C61H118O17P2/c1-7-10-12-14-24-33-39-45-60(65)77-56(49-71-58(63)43-37-29-13-11-8-2)51-75-79(67,68)73-47-55(62)48-74-80(69,70)76-52-57(78-61(66)46-40-34-28-23-17-15-16-20-25-30-35-41-53(4)5)50-72-59(64)44-38-32-27-22-19-18-21-26-31-36-42-54(6)9-3/h53-57,62H,7-52H2,1-6H3,(H,67,68)(H,69,70)/t54?,55-,56+,57+/m0/s1. The van der Waals surface area contributed by atoms with Gasteiger partial charge in [-0.2, -0.15) is 0 Å². The molecule has 3 N–H and O–H groups in total. The summed E-state index contributed by atoms with van der Waals surface area (Å²) in [6.45, 7) is 9.37. The van der Waals surface area contributed by atoms with Gasteiger partial charge < -0.3 is 33.8 Å². The molecule has 0 saturated carbocycles. The molecule has 474 valence electrons. The van der Waals surface area contributed by atoms with Crippen molar-refractivity contribution in [2.24, 2.45) is 11.8 Å². The number of hydrogen-bond acceptors (Lipinski definition) is 15. The summed E-state index contributed by atoms with van der Waals surface area (Å²) in [7, 11) is -9.87. The molecule has 0 aromatic rings. The van der Waals surface area contributed by atoms with Crippen LogP contribution in [0.25, 0.3) is 0 Å². The Hall–Kier alpha value is -1.94. The van der Waals surface area contributed by atoms with Gasteiger partial charge in [-0.3, -0.25) is 37.3 Å². The van der Waals surface area contributed by atoms with Crippen LogP contribution < -0.4 is 0 Å². The van der Waals surface area contributed by atoms with E-state index in [4.69, 9.17) is 37.0 Å². The third kappa shape index (κ3) is 54.0. The third-order valence-electron chi connectivity index (χ3n) is 14.3. The zero-order chi connectivity index (χ0) is 59.4. The summed E-state index contributed by atoms with van der Waals surface area (Å²) >= 11 is 0. The van der Waals surface area contributed by atoms with Crippen LogP contribution in [-0.2, 0) is 65.4 Å². The van der Waals surface area contributed by atoms with Gasteiger partial charge >= 0.3 is 39.5 Å². The summed E-state index contributed by atoms with van der Waals surface area (Å²) in [6.07, 6.45) is 35.2. The minimum Gasteiger partial charge on any atom is -0.462 e. The highest BCUT2D eigenvalue weighted by Gasteiger charge is 2.30. The molecule has 0 heterocycles. The molecule has 0 amide bonds. The van der Waals surface area contributed by atoms with Gasteiger partial charge in [0.15, 0.2) is 12.2 Å². The summed E-state index contributed by atoms with van der Waals surface area (Å²) in [4.78, 5) is 71.7. The Morgan fingerprint density at radius 2 is 0.637 bits per heavy atom. The molecule has 6 atom stereocenters. The van der Waals surface area contributed by atoms with Crippen LogP contribution in [-0.4, -0.2) is 96.7 Å². The smallest absolute Gasteiger partial charge is 0.462 e. The normalized spacial score (nSPS) is 14.7. The molecular formula is C61H118O17P2. The van der Waals surface area contributed by atoms with Crippen LogP contribution in [0, 0.1) is 11.8 Å². The highest BCUT2D eigenvalue weighted by molar-refractivity contribution is 7.47. The van der Waals surface area contributed by atoms with E-state index in [2.05, 4.69) is 41.5 Å². The fourth-order valence-corrected chi connectivity index (χ4v) is 10.5. The molecule has 0 bridgehead atoms. The van der Waals surface area contributed by atoms with Crippen LogP contribution in [0.15, 0.2) is 0 Å². The van der Waals surface area contributed by atoms with Crippen molar-refractivity contribution in [2.45, 2.75) is 317 Å². The molecule has 0 aliphatic rings. The van der Waals surface area contributed by atoms with Crippen molar-refractivity contribution in [3.8, 4) is 0 Å². The molecule has 0 saturated heterocycles. The Balaban J connectivity index is 5.17. The van der Waals surface area contributed by atoms with Crippen LogP contribution >= 0.6 is 15.6 Å². The fourth-order valence-electron chi connectivity index (χ4n) is 8.97. The summed E-state index contributed by atoms with van der Waals surface area (Å²) in [5.74, 6) is -0.578. The molecule has 80 heavy (non-hydrogen) atoms. The predicted octanol–water partition coefficient (Wildman–Crippen LogP) is 16.5. The number of esters is 4. The number of aliphatic hydroxyl groups is 1. The van der Waals surface area contributed by atoms with E-state index in [0.29, 0.717) is 25.7 Å². The first kappa shape index (κ1) is 78.1. The lowest BCUT2D eigenvalue weighted by Gasteiger charge is -2.21. The van der Waals surface area contributed by atoms with E-state index in [1.807, 2.05) is 0 Å². The van der Waals surface area contributed by atoms with Crippen LogP contribution in [0.4, 0.5) is 0 Å². The quantitative estimate of drug-likeness (QED) is 0.0222. The van der Waals surface area contributed by atoms with Gasteiger partial charge in [0.2, 0.25) is 0 Å². The van der Waals surface area contributed by atoms with Gasteiger partial charge in [-0.25, -0.2) is 9.13 Å². The van der Waals surface area contributed by atoms with E-state index in [0.717, 1.165) is 121 Å². The number of carbonyl (C=O) groups is 4. The van der Waals surface area contributed by atoms with Gasteiger partial charge in [-0.15, -0.1) is 0 Å². The van der Waals surface area contributed by atoms with Crippen LogP contribution in [0.3, 0.4) is 0 Å². The lowest BCUT2D eigenvalue weighted by molar-refractivity contribution is -0.161. The minimum atomic E-state index is -4.94. The number of phosphoric acid groups is 2. The zero-order valence-electron chi connectivity index (χ0n) is 51.4. The van der Waals surface area contributed by atoms with Crippen LogP contribution in [0.5, 0.6) is 0 Å². The van der Waals surface area contributed by atoms with Gasteiger partial charge in [0.25, 0.3) is 0 Å². The number of hydrogen-bond donors (Lipinski definition) is 3. The summed E-state index contributed by atoms with van der Waals surface area (Å²) < 4.78 is 67.6. The molecule has 0 fully saturated rings. The van der Waals surface area contributed by atoms with Gasteiger partial charge in [-0.05, 0) is 37.5 Å². The van der Waals surface area contributed by atoms with E-state index < -0.39 is 97.5 Å². The molecule has 0 aromatic carbocycles. The second kappa shape index (κ2) is 53.8. The molecular weight excluding hydrogens is 1070 g/mol. The fraction of sp³-hybridized carbons (Fsp3) is 0.934. The van der Waals surface area contributed by atoms with Crippen molar-refractivity contribution in [3.05, 3.63) is 0 Å². The molecule has 0 rings (SSSR count). The first-order valence-electron chi connectivity index (χ1n) is 32.0. The van der Waals surface area contributed by atoms with E-state index in [-0.39, 0.29) is 25.7 Å². The number of phosphoric ester groups is 2. The number of aliphatic hydroxyl groups excluding tert-OH is 1. The molecule has 0 aromatic heterocycles. The van der Waals surface area contributed by atoms with Gasteiger partial charge in [0.05, 0.1) is 26.4 Å². The molecule has 0 spiro atoms. The average Bonchev–Trinajstić information content (AvgIpc) is 3.42. The SMILES string of the molecule is CCCCCCCCCC(=O)O[C@H](COC(=O)CCCCCCC)COP(=O)(O)OC[C@H](O)COP(=O)(O)OC[C@@H](COC(=O)CCCCCCCCCCCCC(C)CC)OC(=O)CCCCCCCCCCCCCC(C)C. The van der Waals surface area contributed by atoms with E-state index >= 15 is 0 Å². The van der Waals surface area contributed by atoms with Crippen LogP contribution in [0.2, 0.25) is 0 Å². The van der Waals surface area contributed by atoms with Crippen molar-refractivity contribution >= 4 is 39.5 Å².